The van der Waals surface area contributed by atoms with E-state index in [0.717, 1.165) is 30.4 Å². The summed E-state index contributed by atoms with van der Waals surface area (Å²) in [4.78, 5) is 12.2. The van der Waals surface area contributed by atoms with E-state index in [4.69, 9.17) is 23.2 Å². The molecular formula is C17H22Cl2N4OS. The number of hydrogen-bond acceptors (Lipinski definition) is 4. The summed E-state index contributed by atoms with van der Waals surface area (Å²) >= 11 is 13.4. The molecule has 0 radical (unpaired) electrons. The monoisotopic (exact) mass is 400 g/mol. The first kappa shape index (κ1) is 20.1. The summed E-state index contributed by atoms with van der Waals surface area (Å²) in [5.74, 6) is 1.30. The van der Waals surface area contributed by atoms with Crippen molar-refractivity contribution in [2.24, 2.45) is 5.92 Å². The molecule has 0 aliphatic rings. The lowest BCUT2D eigenvalue weighted by Crippen LogP contribution is -2.25. The summed E-state index contributed by atoms with van der Waals surface area (Å²) in [6.07, 6.45) is 3.54. The second kappa shape index (κ2) is 9.46. The van der Waals surface area contributed by atoms with Crippen molar-refractivity contribution in [3.63, 3.8) is 0 Å². The molecule has 5 nitrogen and oxygen atoms in total. The highest BCUT2D eigenvalue weighted by molar-refractivity contribution is 7.98. The van der Waals surface area contributed by atoms with Gasteiger partial charge in [-0.15, -0.1) is 10.2 Å². The SMILES string of the molecule is CSc1nnc(CCCNC(=O)c2cc(Cl)cc(Cl)c2)n1CC(C)C. The molecular weight excluding hydrogens is 379 g/mol. The van der Waals surface area contributed by atoms with Gasteiger partial charge >= 0.3 is 0 Å². The van der Waals surface area contributed by atoms with Crippen molar-refractivity contribution >= 4 is 40.9 Å². The van der Waals surface area contributed by atoms with Crippen molar-refractivity contribution in [1.29, 1.82) is 0 Å². The molecule has 0 atom stereocenters. The fraction of sp³-hybridized carbons (Fsp3) is 0.471. The molecule has 0 spiro atoms. The van der Waals surface area contributed by atoms with Crippen LogP contribution in [0, 0.1) is 5.92 Å². The van der Waals surface area contributed by atoms with Crippen molar-refractivity contribution in [1.82, 2.24) is 20.1 Å². The Morgan fingerprint density at radius 2 is 1.92 bits per heavy atom. The summed E-state index contributed by atoms with van der Waals surface area (Å²) in [5.41, 5.74) is 0.463. The molecule has 0 saturated heterocycles. The molecule has 2 rings (SSSR count). The van der Waals surface area contributed by atoms with Crippen LogP contribution in [-0.4, -0.2) is 33.5 Å². The highest BCUT2D eigenvalue weighted by Gasteiger charge is 2.13. The molecule has 1 N–H and O–H groups in total. The first-order chi connectivity index (χ1) is 11.9. The standard InChI is InChI=1S/C17H22Cl2N4OS/c1-11(2)10-23-15(21-22-17(23)25-3)5-4-6-20-16(24)12-7-13(18)9-14(19)8-12/h7-9,11H,4-6,10H2,1-3H3,(H,20,24). The van der Waals surface area contributed by atoms with Crippen LogP contribution in [0.25, 0.3) is 0 Å². The average molecular weight is 401 g/mol. The van der Waals surface area contributed by atoms with Gasteiger partial charge in [0, 0.05) is 35.1 Å². The number of rotatable bonds is 8. The van der Waals surface area contributed by atoms with Crippen molar-refractivity contribution in [2.45, 2.75) is 38.4 Å². The van der Waals surface area contributed by atoms with Crippen molar-refractivity contribution in [3.05, 3.63) is 39.6 Å². The molecule has 0 aliphatic heterocycles. The predicted molar refractivity (Wildman–Crippen MR) is 104 cm³/mol. The summed E-state index contributed by atoms with van der Waals surface area (Å²) in [7, 11) is 0. The van der Waals surface area contributed by atoms with Crippen molar-refractivity contribution < 1.29 is 4.79 Å². The number of benzene rings is 1. The third-order valence-electron chi connectivity index (χ3n) is 3.51. The van der Waals surface area contributed by atoms with Crippen LogP contribution in [0.3, 0.4) is 0 Å². The summed E-state index contributed by atoms with van der Waals surface area (Å²) < 4.78 is 2.16. The van der Waals surface area contributed by atoms with E-state index in [-0.39, 0.29) is 5.91 Å². The number of carbonyl (C=O) groups excluding carboxylic acids is 1. The Morgan fingerprint density at radius 1 is 1.24 bits per heavy atom. The van der Waals surface area contributed by atoms with E-state index in [1.807, 2.05) is 6.26 Å². The third-order valence-corrected chi connectivity index (χ3v) is 4.61. The Bertz CT molecular complexity index is 713. The number of carbonyl (C=O) groups is 1. The number of nitrogens with zero attached hydrogens (tertiary/aromatic N) is 3. The minimum atomic E-state index is -0.183. The molecule has 1 amide bonds. The predicted octanol–water partition coefficient (Wildman–Crippen LogP) is 4.33. The van der Waals surface area contributed by atoms with Crippen molar-refractivity contribution in [2.75, 3.05) is 12.8 Å². The number of halogens is 2. The van der Waals surface area contributed by atoms with E-state index in [1.54, 1.807) is 30.0 Å². The van der Waals surface area contributed by atoms with Crippen LogP contribution in [-0.2, 0) is 13.0 Å². The molecule has 0 saturated carbocycles. The largest absolute Gasteiger partial charge is 0.352 e. The minimum Gasteiger partial charge on any atom is -0.352 e. The van der Waals surface area contributed by atoms with Gasteiger partial charge in [0.1, 0.15) is 5.82 Å². The molecule has 8 heteroatoms. The fourth-order valence-corrected chi connectivity index (χ4v) is 3.49. The van der Waals surface area contributed by atoms with Crippen LogP contribution < -0.4 is 5.32 Å². The van der Waals surface area contributed by atoms with Crippen LogP contribution in [0.5, 0.6) is 0 Å². The Labute approximate surface area is 162 Å². The third kappa shape index (κ3) is 5.90. The van der Waals surface area contributed by atoms with Crippen LogP contribution in [0.4, 0.5) is 0 Å². The van der Waals surface area contributed by atoms with Gasteiger partial charge in [0.05, 0.1) is 0 Å². The van der Waals surface area contributed by atoms with E-state index in [2.05, 4.69) is 33.9 Å². The topological polar surface area (TPSA) is 59.8 Å². The smallest absolute Gasteiger partial charge is 0.251 e. The van der Waals surface area contributed by atoms with E-state index >= 15 is 0 Å². The van der Waals surface area contributed by atoms with Gasteiger partial charge in [-0.2, -0.15) is 0 Å². The highest BCUT2D eigenvalue weighted by Crippen LogP contribution is 2.19. The molecule has 0 fully saturated rings. The lowest BCUT2D eigenvalue weighted by molar-refractivity contribution is 0.0953. The van der Waals surface area contributed by atoms with E-state index in [1.165, 1.54) is 0 Å². The second-order valence-electron chi connectivity index (χ2n) is 6.12. The number of aromatic nitrogens is 3. The van der Waals surface area contributed by atoms with Crippen LogP contribution in [0.15, 0.2) is 23.4 Å². The number of thioether (sulfide) groups is 1. The van der Waals surface area contributed by atoms with Crippen LogP contribution in [0.2, 0.25) is 10.0 Å². The minimum absolute atomic E-state index is 0.183. The Kier molecular flexibility index (Phi) is 7.59. The van der Waals surface area contributed by atoms with Gasteiger partial charge in [0.15, 0.2) is 5.16 Å². The molecule has 0 aliphatic carbocycles. The maximum absolute atomic E-state index is 12.2. The summed E-state index contributed by atoms with van der Waals surface area (Å²) in [6.45, 7) is 5.78. The Morgan fingerprint density at radius 3 is 2.52 bits per heavy atom. The number of aryl methyl sites for hydroxylation is 1. The molecule has 0 unspecified atom stereocenters. The first-order valence-electron chi connectivity index (χ1n) is 8.11. The average Bonchev–Trinajstić information content (AvgIpc) is 2.91. The van der Waals surface area contributed by atoms with E-state index in [0.29, 0.717) is 28.1 Å². The van der Waals surface area contributed by atoms with Crippen LogP contribution in [0.1, 0.15) is 36.5 Å². The maximum atomic E-state index is 12.2. The zero-order chi connectivity index (χ0) is 18.4. The van der Waals surface area contributed by atoms with Crippen molar-refractivity contribution in [3.8, 4) is 0 Å². The van der Waals surface area contributed by atoms with Gasteiger partial charge in [-0.05, 0) is 36.8 Å². The van der Waals surface area contributed by atoms with Gasteiger partial charge in [-0.1, -0.05) is 48.8 Å². The molecule has 0 bridgehead atoms. The zero-order valence-electron chi connectivity index (χ0n) is 14.6. The quantitative estimate of drug-likeness (QED) is 0.529. The maximum Gasteiger partial charge on any atom is 0.251 e. The summed E-state index contributed by atoms with van der Waals surface area (Å²) in [6, 6.07) is 4.81. The van der Waals surface area contributed by atoms with E-state index < -0.39 is 0 Å². The van der Waals surface area contributed by atoms with Crippen LogP contribution >= 0.6 is 35.0 Å². The lowest BCUT2D eigenvalue weighted by Gasteiger charge is -2.12. The fourth-order valence-electron chi connectivity index (χ4n) is 2.44. The first-order valence-corrected chi connectivity index (χ1v) is 10.1. The molecule has 1 heterocycles. The van der Waals surface area contributed by atoms with Gasteiger partial charge in [-0.3, -0.25) is 4.79 Å². The van der Waals surface area contributed by atoms with Gasteiger partial charge in [0.25, 0.3) is 5.91 Å². The summed E-state index contributed by atoms with van der Waals surface area (Å²) in [5, 5.41) is 13.2. The molecule has 2 aromatic rings. The Hall–Kier alpha value is -1.24. The normalized spacial score (nSPS) is 11.1. The molecule has 136 valence electrons. The van der Waals surface area contributed by atoms with Gasteiger partial charge < -0.3 is 9.88 Å². The lowest BCUT2D eigenvalue weighted by atomic mass is 10.2. The number of nitrogens with one attached hydrogen (secondary N) is 1. The number of hydrogen-bond donors (Lipinski definition) is 1. The Balaban J connectivity index is 1.89. The molecule has 25 heavy (non-hydrogen) atoms. The van der Waals surface area contributed by atoms with E-state index in [9.17, 15) is 4.79 Å². The van der Waals surface area contributed by atoms with Gasteiger partial charge in [-0.25, -0.2) is 0 Å². The molecule has 1 aromatic carbocycles. The molecule has 1 aromatic heterocycles. The second-order valence-corrected chi connectivity index (χ2v) is 7.77. The number of amides is 1. The highest BCUT2D eigenvalue weighted by atomic mass is 35.5. The zero-order valence-corrected chi connectivity index (χ0v) is 16.9. The van der Waals surface area contributed by atoms with Gasteiger partial charge in [0.2, 0.25) is 0 Å².